The van der Waals surface area contributed by atoms with Crippen molar-refractivity contribution < 1.29 is 28.9 Å². The SMILES string of the molecule is C[C@H]1O[C@@](C(=O)OCC2CCCCC2)(n2cc(F)c(N)nc2=O)[C@H](O)[C@@H]1O. The standard InChI is InChI=1S/C17H24FN3O6/c1-9-12(22)13(23)17(27-9,21-7-11(18)14(19)20-16(21)25)15(24)26-8-10-5-3-2-4-6-10/h7,9-10,12-13,22-23H,2-6,8H2,1H3,(H2,19,20,25)/t9-,12-,13-,17+/m1/s1. The minimum Gasteiger partial charge on any atom is -0.462 e. The van der Waals surface area contributed by atoms with E-state index >= 15 is 0 Å². The monoisotopic (exact) mass is 385 g/mol. The van der Waals surface area contributed by atoms with Gasteiger partial charge in [-0.25, -0.2) is 14.0 Å². The Morgan fingerprint density at radius 1 is 1.44 bits per heavy atom. The molecule has 3 rings (SSSR count). The first kappa shape index (κ1) is 19.7. The fourth-order valence-corrected chi connectivity index (χ4v) is 3.71. The maximum atomic E-state index is 13.9. The topological polar surface area (TPSA) is 137 Å². The third-order valence-electron chi connectivity index (χ3n) is 5.31. The highest BCUT2D eigenvalue weighted by molar-refractivity contribution is 5.78. The van der Waals surface area contributed by atoms with Gasteiger partial charge < -0.3 is 25.4 Å². The van der Waals surface area contributed by atoms with Crippen LogP contribution in [0.15, 0.2) is 11.0 Å². The van der Waals surface area contributed by atoms with E-state index in [2.05, 4.69) is 4.98 Å². The average Bonchev–Trinajstić information content (AvgIpc) is 2.88. The highest BCUT2D eigenvalue weighted by atomic mass is 19.1. The summed E-state index contributed by atoms with van der Waals surface area (Å²) in [5, 5.41) is 20.6. The number of rotatable bonds is 4. The summed E-state index contributed by atoms with van der Waals surface area (Å²) in [7, 11) is 0. The predicted octanol–water partition coefficient (Wildman–Crippen LogP) is -0.119. The quantitative estimate of drug-likeness (QED) is 0.610. The number of nitrogens with zero attached hydrogens (tertiary/aromatic N) is 2. The number of nitrogen functional groups attached to an aromatic ring is 1. The molecule has 2 fully saturated rings. The van der Waals surface area contributed by atoms with Gasteiger partial charge in [0, 0.05) is 0 Å². The van der Waals surface area contributed by atoms with Gasteiger partial charge in [0.15, 0.2) is 11.6 Å². The van der Waals surface area contributed by atoms with Crippen LogP contribution in [0.25, 0.3) is 0 Å². The van der Waals surface area contributed by atoms with Crippen LogP contribution in [-0.4, -0.2) is 50.7 Å². The Kier molecular flexibility index (Phi) is 5.50. The number of esters is 1. The molecule has 0 spiro atoms. The molecule has 0 unspecified atom stereocenters. The number of carbonyl (C=O) groups excluding carboxylic acids is 1. The van der Waals surface area contributed by atoms with Crippen LogP contribution < -0.4 is 11.4 Å². The van der Waals surface area contributed by atoms with Crippen LogP contribution in [0.4, 0.5) is 10.2 Å². The first-order chi connectivity index (χ1) is 12.8. The minimum atomic E-state index is -2.44. The number of halogens is 1. The molecule has 2 aliphatic rings. The molecule has 0 aromatic carbocycles. The average molecular weight is 385 g/mol. The minimum absolute atomic E-state index is 0.0841. The zero-order chi connectivity index (χ0) is 19.8. The second-order valence-electron chi connectivity index (χ2n) is 7.18. The normalized spacial score (nSPS) is 31.8. The van der Waals surface area contributed by atoms with Gasteiger partial charge in [-0.2, -0.15) is 4.98 Å². The van der Waals surface area contributed by atoms with Crippen LogP contribution in [0.2, 0.25) is 0 Å². The van der Waals surface area contributed by atoms with Crippen molar-refractivity contribution in [2.75, 3.05) is 12.3 Å². The number of nitrogens with two attached hydrogens (primary N) is 1. The van der Waals surface area contributed by atoms with Crippen molar-refractivity contribution in [1.82, 2.24) is 9.55 Å². The lowest BCUT2D eigenvalue weighted by Gasteiger charge is -2.32. The number of ether oxygens (including phenoxy) is 2. The summed E-state index contributed by atoms with van der Waals surface area (Å²) in [4.78, 5) is 28.5. The maximum absolute atomic E-state index is 13.9. The number of carbonyl (C=O) groups is 1. The molecule has 27 heavy (non-hydrogen) atoms. The highest BCUT2D eigenvalue weighted by Crippen LogP contribution is 2.36. The Bertz CT molecular complexity index is 766. The third kappa shape index (κ3) is 3.44. The molecule has 1 aliphatic heterocycles. The van der Waals surface area contributed by atoms with Crippen LogP contribution in [0, 0.1) is 11.7 Å². The Morgan fingerprint density at radius 3 is 2.70 bits per heavy atom. The van der Waals surface area contributed by atoms with Crippen molar-refractivity contribution >= 4 is 11.8 Å². The molecule has 0 radical (unpaired) electrons. The summed E-state index contributed by atoms with van der Waals surface area (Å²) in [6, 6.07) is 0. The first-order valence-electron chi connectivity index (χ1n) is 9.03. The van der Waals surface area contributed by atoms with Crippen LogP contribution in [-0.2, 0) is 20.0 Å². The molecule has 0 bridgehead atoms. The fraction of sp³-hybridized carbons (Fsp3) is 0.706. The van der Waals surface area contributed by atoms with Gasteiger partial charge in [0.05, 0.1) is 18.9 Å². The summed E-state index contributed by atoms with van der Waals surface area (Å²) in [6.45, 7) is 1.50. The Hall–Kier alpha value is -2.04. The number of aromatic nitrogens is 2. The lowest BCUT2D eigenvalue weighted by Crippen LogP contribution is -2.57. The number of hydrogen-bond donors (Lipinski definition) is 3. The van der Waals surface area contributed by atoms with Gasteiger partial charge in [-0.1, -0.05) is 19.3 Å². The number of aliphatic hydroxyl groups is 2. The molecular formula is C17H24FN3O6. The van der Waals surface area contributed by atoms with Crippen molar-refractivity contribution in [2.45, 2.75) is 63.1 Å². The molecule has 2 heterocycles. The second kappa shape index (κ2) is 7.53. The van der Waals surface area contributed by atoms with Crippen molar-refractivity contribution in [3.63, 3.8) is 0 Å². The van der Waals surface area contributed by atoms with Crippen molar-refractivity contribution in [2.24, 2.45) is 5.92 Å². The van der Waals surface area contributed by atoms with Crippen LogP contribution in [0.5, 0.6) is 0 Å². The Labute approximate surface area is 154 Å². The zero-order valence-corrected chi connectivity index (χ0v) is 15.0. The van der Waals surface area contributed by atoms with E-state index in [0.717, 1.165) is 32.1 Å². The second-order valence-corrected chi connectivity index (χ2v) is 7.18. The molecule has 1 saturated carbocycles. The molecule has 1 aromatic rings. The Balaban J connectivity index is 1.95. The predicted molar refractivity (Wildman–Crippen MR) is 90.9 cm³/mol. The van der Waals surface area contributed by atoms with Crippen molar-refractivity contribution in [1.29, 1.82) is 0 Å². The molecule has 0 amide bonds. The molecule has 1 aromatic heterocycles. The Morgan fingerprint density at radius 2 is 2.11 bits per heavy atom. The molecular weight excluding hydrogens is 361 g/mol. The van der Waals surface area contributed by atoms with E-state index in [1.54, 1.807) is 0 Å². The largest absolute Gasteiger partial charge is 0.462 e. The lowest BCUT2D eigenvalue weighted by atomic mass is 9.90. The van der Waals surface area contributed by atoms with E-state index in [0.29, 0.717) is 10.8 Å². The molecule has 9 nitrogen and oxygen atoms in total. The van der Waals surface area contributed by atoms with Crippen LogP contribution in [0.1, 0.15) is 39.0 Å². The molecule has 1 saturated heterocycles. The summed E-state index contributed by atoms with van der Waals surface area (Å²) in [6.07, 6.45) is 1.29. The van der Waals surface area contributed by atoms with E-state index < -0.39 is 47.3 Å². The number of anilines is 1. The van der Waals surface area contributed by atoms with Crippen molar-refractivity contribution in [3.05, 3.63) is 22.5 Å². The van der Waals surface area contributed by atoms with E-state index in [9.17, 15) is 24.2 Å². The summed E-state index contributed by atoms with van der Waals surface area (Å²) in [5.74, 6) is -2.64. The van der Waals surface area contributed by atoms with E-state index in [1.807, 2.05) is 0 Å². The molecule has 4 N–H and O–H groups in total. The van der Waals surface area contributed by atoms with Gasteiger partial charge >= 0.3 is 11.7 Å². The van der Waals surface area contributed by atoms with Crippen LogP contribution >= 0.6 is 0 Å². The lowest BCUT2D eigenvalue weighted by molar-refractivity contribution is -0.201. The molecule has 150 valence electrons. The molecule has 1 aliphatic carbocycles. The first-order valence-corrected chi connectivity index (χ1v) is 9.03. The number of aliphatic hydroxyl groups excluding tert-OH is 2. The van der Waals surface area contributed by atoms with E-state index in [-0.39, 0.29) is 12.5 Å². The van der Waals surface area contributed by atoms with Gasteiger partial charge in [0.25, 0.3) is 5.72 Å². The van der Waals surface area contributed by atoms with Gasteiger partial charge in [0.1, 0.15) is 12.2 Å². The van der Waals surface area contributed by atoms with Gasteiger partial charge in [-0.3, -0.25) is 4.57 Å². The van der Waals surface area contributed by atoms with E-state index in [4.69, 9.17) is 15.2 Å². The smallest absolute Gasteiger partial charge is 0.363 e. The molecule has 10 heteroatoms. The van der Waals surface area contributed by atoms with Gasteiger partial charge in [-0.05, 0) is 25.7 Å². The van der Waals surface area contributed by atoms with Gasteiger partial charge in [-0.15, -0.1) is 0 Å². The fourth-order valence-electron chi connectivity index (χ4n) is 3.71. The van der Waals surface area contributed by atoms with Crippen LogP contribution in [0.3, 0.4) is 0 Å². The summed E-state index contributed by atoms with van der Waals surface area (Å²) < 4.78 is 25.3. The molecule has 4 atom stereocenters. The maximum Gasteiger partial charge on any atom is 0.363 e. The van der Waals surface area contributed by atoms with E-state index in [1.165, 1.54) is 6.92 Å². The van der Waals surface area contributed by atoms with Crippen molar-refractivity contribution in [3.8, 4) is 0 Å². The highest BCUT2D eigenvalue weighted by Gasteiger charge is 2.61. The van der Waals surface area contributed by atoms with Gasteiger partial charge in [0.2, 0.25) is 0 Å². The summed E-state index contributed by atoms with van der Waals surface area (Å²) in [5.41, 5.74) is 1.74. The number of hydrogen-bond acceptors (Lipinski definition) is 8. The summed E-state index contributed by atoms with van der Waals surface area (Å²) >= 11 is 0. The zero-order valence-electron chi connectivity index (χ0n) is 15.0. The third-order valence-corrected chi connectivity index (χ3v) is 5.31.